The Bertz CT molecular complexity index is 945. The molecule has 0 aliphatic carbocycles. The Balaban J connectivity index is 1.62. The first-order chi connectivity index (χ1) is 13.1. The molecule has 0 amide bonds. The normalized spacial score (nSPS) is 10.3. The highest BCUT2D eigenvalue weighted by Crippen LogP contribution is 2.29. The second-order valence-electron chi connectivity index (χ2n) is 5.64. The van der Waals surface area contributed by atoms with Gasteiger partial charge in [0.25, 0.3) is 0 Å². The Morgan fingerprint density at radius 1 is 1.07 bits per heavy atom. The van der Waals surface area contributed by atoms with E-state index in [4.69, 9.17) is 33.3 Å². The molecule has 140 valence electrons. The van der Waals surface area contributed by atoms with E-state index in [2.05, 4.69) is 15.7 Å². The van der Waals surface area contributed by atoms with Crippen LogP contribution in [-0.2, 0) is 6.54 Å². The summed E-state index contributed by atoms with van der Waals surface area (Å²) in [7, 11) is 3.18. The molecule has 8 heteroatoms. The first-order valence-corrected chi connectivity index (χ1v) is 8.94. The number of ether oxygens (including phenoxy) is 2. The van der Waals surface area contributed by atoms with E-state index in [1.807, 2.05) is 54.7 Å². The number of benzene rings is 2. The molecular weight excluding hydrogens is 384 g/mol. The molecule has 0 saturated carbocycles. The number of nitrogens with zero attached hydrogens (tertiary/aromatic N) is 2. The van der Waals surface area contributed by atoms with Gasteiger partial charge in [-0.2, -0.15) is 5.10 Å². The zero-order valence-corrected chi connectivity index (χ0v) is 16.5. The SMILES string of the molecule is COc1ccc(NC(=S)Nc2ccn(Cc3ccccc3Cl)n2)cc1OC. The van der Waals surface area contributed by atoms with Gasteiger partial charge < -0.3 is 20.1 Å². The molecule has 0 fully saturated rings. The maximum absolute atomic E-state index is 6.20. The Morgan fingerprint density at radius 3 is 2.59 bits per heavy atom. The lowest BCUT2D eigenvalue weighted by Gasteiger charge is -2.12. The highest BCUT2D eigenvalue weighted by molar-refractivity contribution is 7.80. The molecule has 0 spiro atoms. The third-order valence-electron chi connectivity index (χ3n) is 3.81. The molecule has 0 saturated heterocycles. The van der Waals surface area contributed by atoms with E-state index in [0.29, 0.717) is 34.0 Å². The average Bonchev–Trinajstić information content (AvgIpc) is 3.10. The number of hydrogen-bond donors (Lipinski definition) is 2. The van der Waals surface area contributed by atoms with E-state index < -0.39 is 0 Å². The number of thiocarbonyl (C=S) groups is 1. The zero-order chi connectivity index (χ0) is 19.2. The van der Waals surface area contributed by atoms with Crippen molar-refractivity contribution in [1.82, 2.24) is 9.78 Å². The van der Waals surface area contributed by atoms with Crippen LogP contribution >= 0.6 is 23.8 Å². The van der Waals surface area contributed by atoms with E-state index >= 15 is 0 Å². The van der Waals surface area contributed by atoms with Gasteiger partial charge in [-0.05, 0) is 36.0 Å². The molecule has 0 aliphatic heterocycles. The van der Waals surface area contributed by atoms with Crippen LogP contribution in [0.3, 0.4) is 0 Å². The third kappa shape index (κ3) is 4.90. The minimum Gasteiger partial charge on any atom is -0.493 e. The number of methoxy groups -OCH3 is 2. The van der Waals surface area contributed by atoms with Crippen LogP contribution in [0.15, 0.2) is 54.7 Å². The fourth-order valence-corrected chi connectivity index (χ4v) is 2.93. The van der Waals surface area contributed by atoms with Crippen LogP contribution in [0.2, 0.25) is 5.02 Å². The monoisotopic (exact) mass is 402 g/mol. The lowest BCUT2D eigenvalue weighted by molar-refractivity contribution is 0.355. The summed E-state index contributed by atoms with van der Waals surface area (Å²) in [6, 6.07) is 15.0. The van der Waals surface area contributed by atoms with Gasteiger partial charge in [-0.1, -0.05) is 29.8 Å². The van der Waals surface area contributed by atoms with E-state index in [9.17, 15) is 0 Å². The van der Waals surface area contributed by atoms with Crippen molar-refractivity contribution in [3.63, 3.8) is 0 Å². The predicted molar refractivity (Wildman–Crippen MR) is 112 cm³/mol. The third-order valence-corrected chi connectivity index (χ3v) is 4.39. The summed E-state index contributed by atoms with van der Waals surface area (Å²) in [4.78, 5) is 0. The highest BCUT2D eigenvalue weighted by atomic mass is 35.5. The minimum atomic E-state index is 0.421. The Kier molecular flexibility index (Phi) is 6.16. The van der Waals surface area contributed by atoms with Crippen molar-refractivity contribution in [3.05, 3.63) is 65.3 Å². The lowest BCUT2D eigenvalue weighted by Crippen LogP contribution is -2.19. The summed E-state index contributed by atoms with van der Waals surface area (Å²) in [5.74, 6) is 1.91. The summed E-state index contributed by atoms with van der Waals surface area (Å²) in [6.45, 7) is 0.581. The van der Waals surface area contributed by atoms with E-state index in [-0.39, 0.29) is 0 Å². The fourth-order valence-electron chi connectivity index (χ4n) is 2.51. The summed E-state index contributed by atoms with van der Waals surface area (Å²) >= 11 is 11.5. The van der Waals surface area contributed by atoms with Crippen LogP contribution in [-0.4, -0.2) is 29.1 Å². The second-order valence-corrected chi connectivity index (χ2v) is 6.45. The number of halogens is 1. The largest absolute Gasteiger partial charge is 0.493 e. The molecule has 27 heavy (non-hydrogen) atoms. The van der Waals surface area contributed by atoms with Crippen LogP contribution in [0.25, 0.3) is 0 Å². The fraction of sp³-hybridized carbons (Fsp3) is 0.158. The van der Waals surface area contributed by atoms with Crippen LogP contribution in [0.1, 0.15) is 5.56 Å². The van der Waals surface area contributed by atoms with E-state index in [1.165, 1.54) is 0 Å². The van der Waals surface area contributed by atoms with Crippen molar-refractivity contribution < 1.29 is 9.47 Å². The van der Waals surface area contributed by atoms with Crippen LogP contribution < -0.4 is 20.1 Å². The van der Waals surface area contributed by atoms with Crippen LogP contribution in [0.4, 0.5) is 11.5 Å². The molecule has 3 rings (SSSR count). The summed E-state index contributed by atoms with van der Waals surface area (Å²) in [5, 5.41) is 11.8. The van der Waals surface area contributed by atoms with Gasteiger partial charge in [-0.15, -0.1) is 0 Å². The maximum atomic E-state index is 6.20. The smallest absolute Gasteiger partial charge is 0.176 e. The molecular formula is C19H19ClN4O2S. The maximum Gasteiger partial charge on any atom is 0.176 e. The minimum absolute atomic E-state index is 0.421. The Hall–Kier alpha value is -2.77. The number of anilines is 2. The van der Waals surface area contributed by atoms with E-state index in [0.717, 1.165) is 11.3 Å². The average molecular weight is 403 g/mol. The standard InChI is InChI=1S/C19H19ClN4O2S/c1-25-16-8-7-14(11-17(16)26-2)21-19(27)22-18-9-10-24(23-18)12-13-5-3-4-6-15(13)20/h3-11H,12H2,1-2H3,(H2,21,22,23,27). The van der Waals surface area contributed by atoms with Crippen molar-refractivity contribution >= 4 is 40.4 Å². The quantitative estimate of drug-likeness (QED) is 0.595. The molecule has 0 bridgehead atoms. The second kappa shape index (κ2) is 8.75. The molecule has 0 radical (unpaired) electrons. The van der Waals surface area contributed by atoms with Gasteiger partial charge in [-0.25, -0.2) is 0 Å². The van der Waals surface area contributed by atoms with Gasteiger partial charge >= 0.3 is 0 Å². The van der Waals surface area contributed by atoms with Gasteiger partial charge in [0.05, 0.1) is 20.8 Å². The van der Waals surface area contributed by atoms with Gasteiger partial charge in [0.1, 0.15) is 0 Å². The van der Waals surface area contributed by atoms with Crippen molar-refractivity contribution in [2.24, 2.45) is 0 Å². The highest BCUT2D eigenvalue weighted by Gasteiger charge is 2.07. The predicted octanol–water partition coefficient (Wildman–Crippen LogP) is 4.41. The van der Waals surface area contributed by atoms with Crippen molar-refractivity contribution in [2.45, 2.75) is 6.54 Å². The molecule has 0 aliphatic rings. The molecule has 2 N–H and O–H groups in total. The molecule has 1 aromatic heterocycles. The molecule has 6 nitrogen and oxygen atoms in total. The first kappa shape index (κ1) is 19.0. The number of rotatable bonds is 6. The summed E-state index contributed by atoms with van der Waals surface area (Å²) in [5.41, 5.74) is 1.78. The van der Waals surface area contributed by atoms with Gasteiger partial charge in [-0.3, -0.25) is 4.68 Å². The molecule has 2 aromatic carbocycles. The van der Waals surface area contributed by atoms with Crippen molar-refractivity contribution in [2.75, 3.05) is 24.9 Å². The van der Waals surface area contributed by atoms with E-state index in [1.54, 1.807) is 18.9 Å². The molecule has 0 unspecified atom stereocenters. The van der Waals surface area contributed by atoms with Gasteiger partial charge in [0.2, 0.25) is 0 Å². The summed E-state index contributed by atoms with van der Waals surface area (Å²) in [6.07, 6.45) is 1.87. The molecule has 1 heterocycles. The van der Waals surface area contributed by atoms with Crippen LogP contribution in [0, 0.1) is 0 Å². The number of hydrogen-bond acceptors (Lipinski definition) is 4. The Morgan fingerprint density at radius 2 is 1.85 bits per heavy atom. The van der Waals surface area contributed by atoms with Gasteiger partial charge in [0, 0.05) is 29.0 Å². The van der Waals surface area contributed by atoms with Crippen LogP contribution in [0.5, 0.6) is 11.5 Å². The Labute approximate surface area is 168 Å². The van der Waals surface area contributed by atoms with Crippen molar-refractivity contribution in [1.29, 1.82) is 0 Å². The first-order valence-electron chi connectivity index (χ1n) is 8.16. The number of aromatic nitrogens is 2. The lowest BCUT2D eigenvalue weighted by atomic mass is 10.2. The molecule has 3 aromatic rings. The topological polar surface area (TPSA) is 60.3 Å². The van der Waals surface area contributed by atoms with Crippen molar-refractivity contribution in [3.8, 4) is 11.5 Å². The van der Waals surface area contributed by atoms with Gasteiger partial charge in [0.15, 0.2) is 22.4 Å². The summed E-state index contributed by atoms with van der Waals surface area (Å²) < 4.78 is 12.3. The zero-order valence-electron chi connectivity index (χ0n) is 14.9. The molecule has 0 atom stereocenters. The number of nitrogens with one attached hydrogen (secondary N) is 2.